The van der Waals surface area contributed by atoms with Gasteiger partial charge >= 0.3 is 6.03 Å². The molecule has 6 nitrogen and oxygen atoms in total. The van der Waals surface area contributed by atoms with Gasteiger partial charge in [-0.15, -0.1) is 0 Å². The Morgan fingerprint density at radius 1 is 0.926 bits per heavy atom. The molecule has 27 heavy (non-hydrogen) atoms. The van der Waals surface area contributed by atoms with E-state index in [1.54, 1.807) is 36.4 Å². The van der Waals surface area contributed by atoms with Crippen molar-refractivity contribution in [2.24, 2.45) is 0 Å². The molecule has 1 fully saturated rings. The van der Waals surface area contributed by atoms with Gasteiger partial charge in [-0.05, 0) is 29.8 Å². The fourth-order valence-corrected chi connectivity index (χ4v) is 2.60. The van der Waals surface area contributed by atoms with E-state index in [4.69, 9.17) is 4.74 Å². The lowest BCUT2D eigenvalue weighted by Crippen LogP contribution is -2.52. The van der Waals surface area contributed by atoms with Crippen LogP contribution >= 0.6 is 0 Å². The zero-order valence-electron chi connectivity index (χ0n) is 14.8. The Kier molecular flexibility index (Phi) is 5.03. The summed E-state index contributed by atoms with van der Waals surface area (Å²) in [5.74, 6) is -1.22. The number of imide groups is 2. The molecule has 0 radical (unpaired) electrons. The molecule has 0 aromatic heterocycles. The molecule has 138 valence electrons. The number of ether oxygens (including phenoxy) is 1. The topological polar surface area (TPSA) is 66.9 Å². The van der Waals surface area contributed by atoms with Gasteiger partial charge in [-0.3, -0.25) is 19.4 Å². The largest absolute Gasteiger partial charge is 0.488 e. The Morgan fingerprint density at radius 2 is 1.52 bits per heavy atom. The molecule has 4 amide bonds. The summed E-state index contributed by atoms with van der Waals surface area (Å²) in [4.78, 5) is 38.3. The van der Waals surface area contributed by atoms with Gasteiger partial charge in [0.2, 0.25) is 0 Å². The summed E-state index contributed by atoms with van der Waals surface area (Å²) in [6.07, 6.45) is 1.41. The first-order chi connectivity index (χ1) is 12.9. The summed E-state index contributed by atoms with van der Waals surface area (Å²) in [6.45, 7) is 0.195. The number of benzene rings is 2. The van der Waals surface area contributed by atoms with E-state index in [9.17, 15) is 18.8 Å². The Balaban J connectivity index is 1.88. The molecule has 1 saturated heterocycles. The van der Waals surface area contributed by atoms with Gasteiger partial charge < -0.3 is 4.74 Å². The molecule has 2 aromatic carbocycles. The second-order valence-corrected chi connectivity index (χ2v) is 6.02. The maximum Gasteiger partial charge on any atom is 0.333 e. The highest BCUT2D eigenvalue weighted by Crippen LogP contribution is 2.25. The molecule has 0 aliphatic carbocycles. The van der Waals surface area contributed by atoms with Crippen molar-refractivity contribution < 1.29 is 23.5 Å². The minimum atomic E-state index is -0.678. The molecule has 1 aliphatic rings. The van der Waals surface area contributed by atoms with Crippen LogP contribution in [0.5, 0.6) is 5.75 Å². The van der Waals surface area contributed by atoms with Gasteiger partial charge in [0.05, 0.1) is 0 Å². The van der Waals surface area contributed by atoms with Crippen LogP contribution in [-0.4, -0.2) is 41.7 Å². The minimum Gasteiger partial charge on any atom is -0.488 e. The zero-order valence-corrected chi connectivity index (χ0v) is 14.8. The standard InChI is InChI=1S/C20H17FN2O4/c1-22-18(24)16(19(25)23(2)20(22)26)11-14-5-3-4-6-17(14)27-12-13-7-9-15(21)10-8-13/h3-11H,12H2,1-2H3. The molecule has 7 heteroatoms. The summed E-state index contributed by atoms with van der Waals surface area (Å²) in [7, 11) is 2.64. The van der Waals surface area contributed by atoms with Crippen LogP contribution in [0.1, 0.15) is 11.1 Å². The van der Waals surface area contributed by atoms with Gasteiger partial charge in [-0.25, -0.2) is 9.18 Å². The van der Waals surface area contributed by atoms with Gasteiger partial charge in [0.15, 0.2) is 0 Å². The zero-order chi connectivity index (χ0) is 19.6. The van der Waals surface area contributed by atoms with Crippen molar-refractivity contribution in [1.29, 1.82) is 0 Å². The predicted octanol–water partition coefficient (Wildman–Crippen LogP) is 2.84. The van der Waals surface area contributed by atoms with Crippen LogP contribution in [0.25, 0.3) is 6.08 Å². The van der Waals surface area contributed by atoms with E-state index in [-0.39, 0.29) is 18.0 Å². The number of likely N-dealkylation sites (N-methyl/N-ethyl adjacent to an activating group) is 2. The highest BCUT2D eigenvalue weighted by Gasteiger charge is 2.37. The lowest BCUT2D eigenvalue weighted by Gasteiger charge is -2.29. The van der Waals surface area contributed by atoms with Gasteiger partial charge in [-0.1, -0.05) is 30.3 Å². The van der Waals surface area contributed by atoms with Crippen molar-refractivity contribution in [3.05, 3.63) is 71.0 Å². The van der Waals surface area contributed by atoms with Crippen LogP contribution in [0.4, 0.5) is 9.18 Å². The van der Waals surface area contributed by atoms with Gasteiger partial charge in [-0.2, -0.15) is 0 Å². The number of nitrogens with zero attached hydrogens (tertiary/aromatic N) is 2. The molecular formula is C20H17FN2O4. The maximum atomic E-state index is 13.0. The second kappa shape index (κ2) is 7.41. The van der Waals surface area contributed by atoms with E-state index in [0.717, 1.165) is 15.4 Å². The first-order valence-electron chi connectivity index (χ1n) is 8.16. The fraction of sp³-hybridized carbons (Fsp3) is 0.150. The number of barbiturate groups is 1. The highest BCUT2D eigenvalue weighted by atomic mass is 19.1. The number of urea groups is 1. The van der Waals surface area contributed by atoms with Gasteiger partial charge in [0, 0.05) is 19.7 Å². The van der Waals surface area contributed by atoms with E-state index in [2.05, 4.69) is 0 Å². The molecule has 0 unspecified atom stereocenters. The molecule has 1 aliphatic heterocycles. The van der Waals surface area contributed by atoms with E-state index < -0.39 is 17.8 Å². The minimum absolute atomic E-state index is 0.127. The second-order valence-electron chi connectivity index (χ2n) is 6.02. The van der Waals surface area contributed by atoms with Crippen LogP contribution < -0.4 is 4.74 Å². The number of halogens is 1. The average Bonchev–Trinajstić information content (AvgIpc) is 2.68. The quantitative estimate of drug-likeness (QED) is 0.615. The van der Waals surface area contributed by atoms with Gasteiger partial charge in [0.1, 0.15) is 23.7 Å². The van der Waals surface area contributed by atoms with Crippen molar-refractivity contribution in [1.82, 2.24) is 9.80 Å². The first kappa shape index (κ1) is 18.3. The molecular weight excluding hydrogens is 351 g/mol. The number of carbonyl (C=O) groups excluding carboxylic acids is 3. The third-order valence-corrected chi connectivity index (χ3v) is 4.17. The van der Waals surface area contributed by atoms with Crippen molar-refractivity contribution in [2.45, 2.75) is 6.61 Å². The third kappa shape index (κ3) is 3.72. The number of hydrogen-bond acceptors (Lipinski definition) is 4. The summed E-state index contributed by atoms with van der Waals surface area (Å²) in [6, 6.07) is 12.1. The van der Waals surface area contributed by atoms with E-state index in [0.29, 0.717) is 11.3 Å². The Bertz CT molecular complexity index is 911. The summed E-state index contributed by atoms with van der Waals surface area (Å²) < 4.78 is 18.8. The van der Waals surface area contributed by atoms with E-state index in [1.807, 2.05) is 0 Å². The maximum absolute atomic E-state index is 13.0. The van der Waals surface area contributed by atoms with Crippen molar-refractivity contribution in [3.8, 4) is 5.75 Å². The monoisotopic (exact) mass is 368 g/mol. The molecule has 0 spiro atoms. The van der Waals surface area contributed by atoms with Crippen LogP contribution in [0, 0.1) is 5.82 Å². The third-order valence-electron chi connectivity index (χ3n) is 4.17. The van der Waals surface area contributed by atoms with Crippen LogP contribution in [0.15, 0.2) is 54.1 Å². The number of rotatable bonds is 4. The van der Waals surface area contributed by atoms with E-state index in [1.165, 1.54) is 32.3 Å². The van der Waals surface area contributed by atoms with Crippen molar-refractivity contribution in [2.75, 3.05) is 14.1 Å². The highest BCUT2D eigenvalue weighted by molar-refractivity contribution is 6.30. The number of carbonyl (C=O) groups is 3. The molecule has 0 atom stereocenters. The average molecular weight is 368 g/mol. The summed E-state index contributed by atoms with van der Waals surface area (Å²) >= 11 is 0. The number of hydrogen-bond donors (Lipinski definition) is 0. The number of amides is 4. The molecule has 3 rings (SSSR count). The van der Waals surface area contributed by atoms with Crippen LogP contribution in [-0.2, 0) is 16.2 Å². The molecule has 0 N–H and O–H groups in total. The van der Waals surface area contributed by atoms with Crippen molar-refractivity contribution >= 4 is 23.9 Å². The van der Waals surface area contributed by atoms with Gasteiger partial charge in [0.25, 0.3) is 11.8 Å². The summed E-state index contributed by atoms with van der Waals surface area (Å²) in [5.41, 5.74) is 1.17. The number of para-hydroxylation sites is 1. The SMILES string of the molecule is CN1C(=O)C(=Cc2ccccc2OCc2ccc(F)cc2)C(=O)N(C)C1=O. The lowest BCUT2D eigenvalue weighted by atomic mass is 10.1. The molecule has 1 heterocycles. The molecule has 2 aromatic rings. The summed E-state index contributed by atoms with van der Waals surface area (Å²) in [5, 5.41) is 0. The predicted molar refractivity (Wildman–Crippen MR) is 96.1 cm³/mol. The first-order valence-corrected chi connectivity index (χ1v) is 8.16. The smallest absolute Gasteiger partial charge is 0.333 e. The normalized spacial score (nSPS) is 14.6. The molecule has 0 saturated carbocycles. The Labute approximate surface area is 155 Å². The van der Waals surface area contributed by atoms with Crippen LogP contribution in [0.2, 0.25) is 0 Å². The van der Waals surface area contributed by atoms with Crippen LogP contribution in [0.3, 0.4) is 0 Å². The van der Waals surface area contributed by atoms with E-state index >= 15 is 0 Å². The molecule has 0 bridgehead atoms. The van der Waals surface area contributed by atoms with Crippen molar-refractivity contribution in [3.63, 3.8) is 0 Å². The fourth-order valence-electron chi connectivity index (χ4n) is 2.60. The lowest BCUT2D eigenvalue weighted by molar-refractivity contribution is -0.134. The Hall–Kier alpha value is -3.48. The Morgan fingerprint density at radius 3 is 2.15 bits per heavy atom.